The lowest BCUT2D eigenvalue weighted by Gasteiger charge is -2.49. The summed E-state index contributed by atoms with van der Waals surface area (Å²) >= 11 is 5.92. The maximum Gasteiger partial charge on any atom is 0.353 e. The van der Waals surface area contributed by atoms with Crippen molar-refractivity contribution in [2.75, 3.05) is 0 Å². The second-order valence-electron chi connectivity index (χ2n) is 5.75. The van der Waals surface area contributed by atoms with Gasteiger partial charge < -0.3 is 16.2 Å². The van der Waals surface area contributed by atoms with Crippen LogP contribution in [0.4, 0.5) is 0 Å². The van der Waals surface area contributed by atoms with Crippen molar-refractivity contribution in [3.05, 3.63) is 46.6 Å². The zero-order valence-electron chi connectivity index (χ0n) is 12.6. The number of hydrogen-bond acceptors (Lipinski definition) is 4. The highest BCUT2D eigenvalue weighted by Crippen LogP contribution is 2.38. The van der Waals surface area contributed by atoms with E-state index in [9.17, 15) is 19.5 Å². The quantitative estimate of drug-likeness (QED) is 0.693. The van der Waals surface area contributed by atoms with Gasteiger partial charge in [0.1, 0.15) is 17.8 Å². The Morgan fingerprint density at radius 2 is 2.00 bits per heavy atom. The molecule has 1 saturated heterocycles. The number of allylic oxidation sites excluding steroid dienone is 1. The molecule has 8 heteroatoms. The number of carboxylic acid groups (broad SMARTS) is 1. The minimum atomic E-state index is -1.25. The topological polar surface area (TPSA) is 113 Å². The van der Waals surface area contributed by atoms with Crippen LogP contribution in [-0.2, 0) is 14.4 Å². The predicted molar refractivity (Wildman–Crippen MR) is 85.7 cm³/mol. The number of nitrogens with zero attached hydrogens (tertiary/aromatic N) is 1. The van der Waals surface area contributed by atoms with E-state index in [1.165, 1.54) is 0 Å². The third-order valence-electron chi connectivity index (χ3n) is 4.32. The summed E-state index contributed by atoms with van der Waals surface area (Å²) in [6.07, 6.45) is 0.849. The molecule has 3 rings (SSSR count). The van der Waals surface area contributed by atoms with Crippen LogP contribution in [0.3, 0.4) is 0 Å². The summed E-state index contributed by atoms with van der Waals surface area (Å²) in [4.78, 5) is 37.0. The number of fused-ring (bicyclic) bond motifs is 1. The SMILES string of the molecule is N[C@@H](C(=O)N[C@H]1C(=O)N2C(C(=O)O)=C(Cl)CC[C@H]12)c1ccccc1. The highest BCUT2D eigenvalue weighted by molar-refractivity contribution is 6.32. The molecule has 2 heterocycles. The number of hydrogen-bond donors (Lipinski definition) is 3. The van der Waals surface area contributed by atoms with Crippen molar-refractivity contribution in [1.82, 2.24) is 10.2 Å². The highest BCUT2D eigenvalue weighted by atomic mass is 35.5. The normalized spacial score (nSPS) is 24.1. The van der Waals surface area contributed by atoms with Crippen molar-refractivity contribution in [2.24, 2.45) is 5.73 Å². The molecule has 0 aromatic heterocycles. The standard InChI is InChI=1S/C16H16ClN3O4/c17-9-6-7-10-12(15(22)20(10)13(9)16(23)24)19-14(21)11(18)8-4-2-1-3-5-8/h1-5,10-12H,6-7,18H2,(H,19,21)(H,23,24)/t10-,11-,12-/m1/s1. The van der Waals surface area contributed by atoms with E-state index in [2.05, 4.69) is 5.32 Å². The number of aliphatic carboxylic acids is 1. The first-order valence-electron chi connectivity index (χ1n) is 7.47. The molecule has 126 valence electrons. The van der Waals surface area contributed by atoms with Crippen LogP contribution < -0.4 is 11.1 Å². The van der Waals surface area contributed by atoms with Gasteiger partial charge in [0.25, 0.3) is 5.91 Å². The van der Waals surface area contributed by atoms with Crippen LogP contribution >= 0.6 is 11.6 Å². The fourth-order valence-electron chi connectivity index (χ4n) is 3.07. The van der Waals surface area contributed by atoms with Gasteiger partial charge in [0.2, 0.25) is 5.91 Å². The van der Waals surface area contributed by atoms with Crippen molar-refractivity contribution >= 4 is 29.4 Å². The average molecular weight is 350 g/mol. The number of rotatable bonds is 4. The first-order valence-corrected chi connectivity index (χ1v) is 7.85. The molecule has 2 aliphatic heterocycles. The second kappa shape index (κ2) is 6.26. The number of nitrogens with one attached hydrogen (secondary N) is 1. The zero-order valence-corrected chi connectivity index (χ0v) is 13.4. The molecular weight excluding hydrogens is 334 g/mol. The third kappa shape index (κ3) is 2.65. The summed E-state index contributed by atoms with van der Waals surface area (Å²) in [6.45, 7) is 0. The third-order valence-corrected chi connectivity index (χ3v) is 4.69. The number of β-lactam (4-membered cyclic amide) rings is 1. The van der Waals surface area contributed by atoms with Crippen molar-refractivity contribution in [1.29, 1.82) is 0 Å². The van der Waals surface area contributed by atoms with Crippen LogP contribution in [0.25, 0.3) is 0 Å². The maximum atomic E-state index is 12.3. The monoisotopic (exact) mass is 349 g/mol. The summed E-state index contributed by atoms with van der Waals surface area (Å²) in [6, 6.07) is 6.74. The Kier molecular flexibility index (Phi) is 4.29. The molecule has 2 aliphatic rings. The summed E-state index contributed by atoms with van der Waals surface area (Å²) in [7, 11) is 0. The summed E-state index contributed by atoms with van der Waals surface area (Å²) in [5, 5.41) is 12.0. The molecule has 0 bridgehead atoms. The van der Waals surface area contributed by atoms with Crippen molar-refractivity contribution in [2.45, 2.75) is 31.0 Å². The molecular formula is C16H16ClN3O4. The zero-order chi connectivity index (χ0) is 17.4. The summed E-state index contributed by atoms with van der Waals surface area (Å²) in [5.74, 6) is -2.20. The van der Waals surface area contributed by atoms with Gasteiger partial charge in [-0.1, -0.05) is 41.9 Å². The van der Waals surface area contributed by atoms with Gasteiger partial charge in [0, 0.05) is 5.03 Å². The Hall–Kier alpha value is -2.38. The Morgan fingerprint density at radius 1 is 1.33 bits per heavy atom. The van der Waals surface area contributed by atoms with Crippen LogP contribution in [-0.4, -0.2) is 39.9 Å². The van der Waals surface area contributed by atoms with Crippen LogP contribution in [0.2, 0.25) is 0 Å². The average Bonchev–Trinajstić information content (AvgIpc) is 2.59. The lowest BCUT2D eigenvalue weighted by atomic mass is 9.86. The molecule has 7 nitrogen and oxygen atoms in total. The van der Waals surface area contributed by atoms with Gasteiger partial charge in [-0.05, 0) is 18.4 Å². The molecule has 1 fully saturated rings. The number of nitrogens with two attached hydrogens (primary N) is 1. The van der Waals surface area contributed by atoms with E-state index in [0.717, 1.165) is 4.90 Å². The molecule has 3 atom stereocenters. The molecule has 0 spiro atoms. The lowest BCUT2D eigenvalue weighted by molar-refractivity contribution is -0.156. The van der Waals surface area contributed by atoms with E-state index < -0.39 is 35.9 Å². The lowest BCUT2D eigenvalue weighted by Crippen LogP contribution is -2.72. The van der Waals surface area contributed by atoms with Crippen molar-refractivity contribution < 1.29 is 19.5 Å². The van der Waals surface area contributed by atoms with Gasteiger partial charge >= 0.3 is 5.97 Å². The number of benzene rings is 1. The van der Waals surface area contributed by atoms with E-state index in [0.29, 0.717) is 18.4 Å². The van der Waals surface area contributed by atoms with Gasteiger partial charge in [-0.3, -0.25) is 14.5 Å². The smallest absolute Gasteiger partial charge is 0.353 e. The first-order chi connectivity index (χ1) is 11.4. The fraction of sp³-hybridized carbons (Fsp3) is 0.312. The van der Waals surface area contributed by atoms with Gasteiger partial charge in [0.05, 0.1) is 6.04 Å². The molecule has 0 saturated carbocycles. The van der Waals surface area contributed by atoms with E-state index in [1.807, 2.05) is 6.07 Å². The molecule has 0 radical (unpaired) electrons. The van der Waals surface area contributed by atoms with E-state index in [-0.39, 0.29) is 10.7 Å². The van der Waals surface area contributed by atoms with Crippen LogP contribution in [0.5, 0.6) is 0 Å². The van der Waals surface area contributed by atoms with Crippen molar-refractivity contribution in [3.8, 4) is 0 Å². The molecule has 1 aromatic carbocycles. The van der Waals surface area contributed by atoms with Gasteiger partial charge in [-0.2, -0.15) is 0 Å². The Balaban J connectivity index is 1.71. The molecule has 24 heavy (non-hydrogen) atoms. The molecule has 2 amide bonds. The van der Waals surface area contributed by atoms with E-state index >= 15 is 0 Å². The Morgan fingerprint density at radius 3 is 2.62 bits per heavy atom. The second-order valence-corrected chi connectivity index (χ2v) is 6.20. The Bertz CT molecular complexity index is 734. The largest absolute Gasteiger partial charge is 0.477 e. The number of amides is 2. The number of carbonyl (C=O) groups is 3. The van der Waals surface area contributed by atoms with Crippen LogP contribution in [0.1, 0.15) is 24.4 Å². The van der Waals surface area contributed by atoms with Gasteiger partial charge in [0.15, 0.2) is 0 Å². The van der Waals surface area contributed by atoms with Gasteiger partial charge in [-0.25, -0.2) is 4.79 Å². The summed E-state index contributed by atoms with van der Waals surface area (Å²) < 4.78 is 0. The fourth-order valence-corrected chi connectivity index (χ4v) is 3.35. The van der Waals surface area contributed by atoms with E-state index in [4.69, 9.17) is 17.3 Å². The maximum absolute atomic E-state index is 12.3. The number of halogens is 1. The minimum Gasteiger partial charge on any atom is -0.477 e. The van der Waals surface area contributed by atoms with Crippen molar-refractivity contribution in [3.63, 3.8) is 0 Å². The van der Waals surface area contributed by atoms with E-state index in [1.54, 1.807) is 24.3 Å². The molecule has 0 aliphatic carbocycles. The Labute approximate surface area is 143 Å². The van der Waals surface area contributed by atoms with Gasteiger partial charge in [-0.15, -0.1) is 0 Å². The highest BCUT2D eigenvalue weighted by Gasteiger charge is 2.53. The first kappa shape index (κ1) is 16.5. The van der Waals surface area contributed by atoms with Crippen LogP contribution in [0, 0.1) is 0 Å². The minimum absolute atomic E-state index is 0.151. The molecule has 1 aromatic rings. The molecule has 4 N–H and O–H groups in total. The predicted octanol–water partition coefficient (Wildman–Crippen LogP) is 0.711. The summed E-state index contributed by atoms with van der Waals surface area (Å²) in [5.41, 5.74) is 6.35. The molecule has 0 unspecified atom stereocenters. The number of carboxylic acids is 1. The van der Waals surface area contributed by atoms with Crippen LogP contribution in [0.15, 0.2) is 41.1 Å². The number of carbonyl (C=O) groups excluding carboxylic acids is 2.